The number of hydrogen-bond donors (Lipinski definition) is 1. The van der Waals surface area contributed by atoms with Crippen molar-refractivity contribution < 1.29 is 9.34 Å². The maximum absolute atomic E-state index is 11.1. The van der Waals surface area contributed by atoms with Gasteiger partial charge < -0.3 is 9.73 Å². The summed E-state index contributed by atoms with van der Waals surface area (Å²) in [6, 6.07) is 8.83. The van der Waals surface area contributed by atoms with Gasteiger partial charge in [0.25, 0.3) is 5.69 Å². The van der Waals surface area contributed by atoms with E-state index in [-0.39, 0.29) is 16.7 Å². The number of hydrogen-bond acceptors (Lipinski definition) is 4. The summed E-state index contributed by atoms with van der Waals surface area (Å²) in [7, 11) is 0. The molecule has 1 aromatic carbocycles. The second-order valence-corrected chi connectivity index (χ2v) is 4.69. The maximum atomic E-state index is 11.1. The average molecular weight is 274 g/mol. The molecule has 0 aliphatic heterocycles. The third-order valence-corrected chi connectivity index (χ3v) is 3.22. The summed E-state index contributed by atoms with van der Waals surface area (Å²) in [5.74, 6) is 0.838. The Kier molecular flexibility index (Phi) is 4.53. The molecule has 0 saturated heterocycles. The van der Waals surface area contributed by atoms with Gasteiger partial charge in [-0.1, -0.05) is 25.1 Å². The number of para-hydroxylation sites is 1. The molecule has 1 N–H and O–H groups in total. The molecule has 0 aliphatic rings. The first-order valence-electron chi connectivity index (χ1n) is 6.62. The molecule has 2 aromatic rings. The Labute approximate surface area is 117 Å². The summed E-state index contributed by atoms with van der Waals surface area (Å²) in [4.78, 5) is 10.7. The van der Waals surface area contributed by atoms with Gasteiger partial charge in [0.15, 0.2) is 0 Å². The van der Waals surface area contributed by atoms with Gasteiger partial charge in [0.2, 0.25) is 0 Å². The largest absolute Gasteiger partial charge is 0.469 e. The molecule has 0 radical (unpaired) electrons. The SMILES string of the molecule is CCNC(Cc1ccccc1[N+](=O)[O-])c1coc(C)c1. The van der Waals surface area contributed by atoms with E-state index in [0.29, 0.717) is 6.42 Å². The fourth-order valence-corrected chi connectivity index (χ4v) is 2.28. The van der Waals surface area contributed by atoms with Gasteiger partial charge in [-0.3, -0.25) is 10.1 Å². The summed E-state index contributed by atoms with van der Waals surface area (Å²) >= 11 is 0. The van der Waals surface area contributed by atoms with E-state index in [4.69, 9.17) is 4.42 Å². The van der Waals surface area contributed by atoms with Crippen LogP contribution in [-0.2, 0) is 6.42 Å². The molecule has 0 bridgehead atoms. The highest BCUT2D eigenvalue weighted by Gasteiger charge is 2.19. The van der Waals surface area contributed by atoms with Crippen molar-refractivity contribution in [2.75, 3.05) is 6.54 Å². The summed E-state index contributed by atoms with van der Waals surface area (Å²) in [5.41, 5.74) is 1.90. The number of nitrogens with one attached hydrogen (secondary N) is 1. The van der Waals surface area contributed by atoms with Gasteiger partial charge in [-0.2, -0.15) is 0 Å². The quantitative estimate of drug-likeness (QED) is 0.647. The van der Waals surface area contributed by atoms with Gasteiger partial charge in [-0.05, 0) is 26.0 Å². The standard InChI is InChI=1S/C15H18N2O3/c1-3-16-14(13-8-11(2)20-10-13)9-12-6-4-5-7-15(12)17(18)19/h4-8,10,14,16H,3,9H2,1-2H3. The normalized spacial score (nSPS) is 12.3. The van der Waals surface area contributed by atoms with Gasteiger partial charge >= 0.3 is 0 Å². The smallest absolute Gasteiger partial charge is 0.272 e. The van der Waals surface area contributed by atoms with Crippen LogP contribution in [0, 0.1) is 17.0 Å². The number of furan rings is 1. The Balaban J connectivity index is 2.27. The Morgan fingerprint density at radius 3 is 2.75 bits per heavy atom. The lowest BCUT2D eigenvalue weighted by Gasteiger charge is -2.16. The lowest BCUT2D eigenvalue weighted by atomic mass is 9.99. The fraction of sp³-hybridized carbons (Fsp3) is 0.333. The molecule has 1 atom stereocenters. The van der Waals surface area contributed by atoms with Gasteiger partial charge in [0.1, 0.15) is 5.76 Å². The lowest BCUT2D eigenvalue weighted by molar-refractivity contribution is -0.385. The molecule has 1 aromatic heterocycles. The van der Waals surface area contributed by atoms with Gasteiger partial charge in [0, 0.05) is 23.2 Å². The Bertz CT molecular complexity index is 592. The van der Waals surface area contributed by atoms with E-state index in [1.807, 2.05) is 26.0 Å². The molecular weight excluding hydrogens is 256 g/mol. The molecule has 5 heteroatoms. The maximum Gasteiger partial charge on any atom is 0.272 e. The highest BCUT2D eigenvalue weighted by Crippen LogP contribution is 2.26. The Morgan fingerprint density at radius 2 is 2.15 bits per heavy atom. The number of nitro benzene ring substituents is 1. The lowest BCUT2D eigenvalue weighted by Crippen LogP contribution is -2.22. The minimum Gasteiger partial charge on any atom is -0.469 e. The van der Waals surface area contributed by atoms with Crippen molar-refractivity contribution in [2.24, 2.45) is 0 Å². The second kappa shape index (κ2) is 6.34. The number of benzene rings is 1. The number of aryl methyl sites for hydroxylation is 1. The van der Waals surface area contributed by atoms with Crippen LogP contribution in [0.5, 0.6) is 0 Å². The summed E-state index contributed by atoms with van der Waals surface area (Å²) in [6.07, 6.45) is 2.27. The van der Waals surface area contributed by atoms with Crippen LogP contribution < -0.4 is 5.32 Å². The average Bonchev–Trinajstić information content (AvgIpc) is 2.85. The highest BCUT2D eigenvalue weighted by atomic mass is 16.6. The van der Waals surface area contributed by atoms with Crippen LogP contribution in [0.25, 0.3) is 0 Å². The summed E-state index contributed by atoms with van der Waals surface area (Å²) in [6.45, 7) is 4.69. The van der Waals surface area contributed by atoms with E-state index in [9.17, 15) is 10.1 Å². The van der Waals surface area contributed by atoms with Crippen molar-refractivity contribution in [1.82, 2.24) is 5.32 Å². The molecule has 5 nitrogen and oxygen atoms in total. The van der Waals surface area contributed by atoms with Crippen LogP contribution >= 0.6 is 0 Å². The fourth-order valence-electron chi connectivity index (χ4n) is 2.28. The third kappa shape index (κ3) is 3.24. The monoisotopic (exact) mass is 274 g/mol. The topological polar surface area (TPSA) is 68.3 Å². The minimum atomic E-state index is -0.334. The number of likely N-dealkylation sites (N-methyl/N-ethyl adjacent to an activating group) is 1. The second-order valence-electron chi connectivity index (χ2n) is 4.69. The molecule has 20 heavy (non-hydrogen) atoms. The molecular formula is C15H18N2O3. The molecule has 2 rings (SSSR count). The van der Waals surface area contributed by atoms with Crippen molar-refractivity contribution in [1.29, 1.82) is 0 Å². The van der Waals surface area contributed by atoms with Crippen LogP contribution in [0.15, 0.2) is 41.0 Å². The Morgan fingerprint density at radius 1 is 1.40 bits per heavy atom. The van der Waals surface area contributed by atoms with E-state index < -0.39 is 0 Å². The molecule has 106 valence electrons. The first-order chi connectivity index (χ1) is 9.61. The van der Waals surface area contributed by atoms with Gasteiger partial charge in [-0.15, -0.1) is 0 Å². The molecule has 0 saturated carbocycles. The van der Waals surface area contributed by atoms with Crippen LogP contribution in [0.3, 0.4) is 0 Å². The van der Waals surface area contributed by atoms with Crippen molar-refractivity contribution in [3.63, 3.8) is 0 Å². The molecule has 0 aliphatic carbocycles. The van der Waals surface area contributed by atoms with Crippen molar-refractivity contribution in [3.05, 3.63) is 63.6 Å². The summed E-state index contributed by atoms with van der Waals surface area (Å²) < 4.78 is 5.33. The third-order valence-electron chi connectivity index (χ3n) is 3.22. The van der Waals surface area contributed by atoms with E-state index in [2.05, 4.69) is 5.32 Å². The van der Waals surface area contributed by atoms with E-state index in [1.54, 1.807) is 24.5 Å². The number of rotatable bonds is 6. The zero-order chi connectivity index (χ0) is 14.5. The van der Waals surface area contributed by atoms with Gasteiger partial charge in [0.05, 0.1) is 11.2 Å². The highest BCUT2D eigenvalue weighted by molar-refractivity contribution is 5.41. The molecule has 0 amide bonds. The van der Waals surface area contributed by atoms with Crippen molar-refractivity contribution in [3.8, 4) is 0 Å². The minimum absolute atomic E-state index is 0.0125. The molecule has 1 unspecified atom stereocenters. The molecule has 0 fully saturated rings. The van der Waals surface area contributed by atoms with Crippen LogP contribution in [-0.4, -0.2) is 11.5 Å². The van der Waals surface area contributed by atoms with E-state index in [0.717, 1.165) is 23.4 Å². The van der Waals surface area contributed by atoms with Crippen molar-refractivity contribution in [2.45, 2.75) is 26.3 Å². The predicted octanol–water partition coefficient (Wildman–Crippen LogP) is 3.39. The van der Waals surface area contributed by atoms with Crippen molar-refractivity contribution >= 4 is 5.69 Å². The van der Waals surface area contributed by atoms with E-state index in [1.165, 1.54) is 0 Å². The first-order valence-corrected chi connectivity index (χ1v) is 6.62. The first kappa shape index (κ1) is 14.3. The van der Waals surface area contributed by atoms with Crippen LogP contribution in [0.4, 0.5) is 5.69 Å². The molecule has 1 heterocycles. The van der Waals surface area contributed by atoms with Gasteiger partial charge in [-0.25, -0.2) is 0 Å². The van der Waals surface area contributed by atoms with Crippen LogP contribution in [0.1, 0.15) is 29.9 Å². The summed E-state index contributed by atoms with van der Waals surface area (Å²) in [5, 5.41) is 14.4. The zero-order valence-corrected chi connectivity index (χ0v) is 11.6. The number of nitrogens with zero attached hydrogens (tertiary/aromatic N) is 1. The molecule has 0 spiro atoms. The zero-order valence-electron chi connectivity index (χ0n) is 11.6. The van der Waals surface area contributed by atoms with Crippen LogP contribution in [0.2, 0.25) is 0 Å². The number of nitro groups is 1. The Hall–Kier alpha value is -2.14. The van der Waals surface area contributed by atoms with E-state index >= 15 is 0 Å². The predicted molar refractivity (Wildman–Crippen MR) is 76.7 cm³/mol.